The maximum Gasteiger partial charge on any atom is 0.415 e. The number of fused-ring (bicyclic) bond motifs is 1. The van der Waals surface area contributed by atoms with Crippen molar-refractivity contribution in [2.45, 2.75) is 32.8 Å². The molecule has 2 aromatic rings. The summed E-state index contributed by atoms with van der Waals surface area (Å²) in [6.07, 6.45) is 2.18. The van der Waals surface area contributed by atoms with E-state index in [9.17, 15) is 9.59 Å². The van der Waals surface area contributed by atoms with Crippen molar-refractivity contribution in [2.75, 3.05) is 22.5 Å². The van der Waals surface area contributed by atoms with Gasteiger partial charge in [-0.15, -0.1) is 0 Å². The lowest BCUT2D eigenvalue weighted by molar-refractivity contribution is -0.117. The van der Waals surface area contributed by atoms with Gasteiger partial charge in [0.1, 0.15) is 11.4 Å². The molecule has 4 rings (SSSR count). The van der Waals surface area contributed by atoms with Crippen molar-refractivity contribution >= 4 is 40.0 Å². The summed E-state index contributed by atoms with van der Waals surface area (Å²) in [6, 6.07) is 5.40. The summed E-state index contributed by atoms with van der Waals surface area (Å²) in [5.74, 6) is 0.994. The van der Waals surface area contributed by atoms with Crippen LogP contribution < -0.4 is 16.0 Å². The molecule has 26 heavy (non-hydrogen) atoms. The molecule has 136 valence electrons. The van der Waals surface area contributed by atoms with Crippen LogP contribution in [-0.4, -0.2) is 29.1 Å². The first-order chi connectivity index (χ1) is 12.2. The Kier molecular flexibility index (Phi) is 3.57. The van der Waals surface area contributed by atoms with Gasteiger partial charge in [-0.2, -0.15) is 0 Å². The summed E-state index contributed by atoms with van der Waals surface area (Å²) in [4.78, 5) is 30.2. The van der Waals surface area contributed by atoms with Crippen molar-refractivity contribution in [3.8, 4) is 0 Å². The van der Waals surface area contributed by atoms with Gasteiger partial charge in [-0.3, -0.25) is 9.69 Å². The number of carbonyl (C=O) groups excluding carboxylic acids is 2. The molecule has 2 fully saturated rings. The van der Waals surface area contributed by atoms with E-state index in [2.05, 4.69) is 17.2 Å². The number of anilines is 3. The molecule has 2 aliphatic rings. The lowest BCUT2D eigenvalue weighted by Crippen LogP contribution is -2.28. The monoisotopic (exact) mass is 354 g/mol. The highest BCUT2D eigenvalue weighted by Crippen LogP contribution is 2.38. The summed E-state index contributed by atoms with van der Waals surface area (Å²) in [5.41, 5.74) is 6.81. The molecule has 7 nitrogen and oxygen atoms in total. The van der Waals surface area contributed by atoms with Crippen LogP contribution in [0.25, 0.3) is 10.8 Å². The van der Waals surface area contributed by atoms with Crippen LogP contribution in [0.2, 0.25) is 0 Å². The van der Waals surface area contributed by atoms with Crippen LogP contribution in [0.5, 0.6) is 0 Å². The number of aromatic nitrogens is 1. The third-order valence-electron chi connectivity index (χ3n) is 4.99. The van der Waals surface area contributed by atoms with E-state index >= 15 is 0 Å². The summed E-state index contributed by atoms with van der Waals surface area (Å²) in [7, 11) is 0. The van der Waals surface area contributed by atoms with Crippen molar-refractivity contribution in [1.82, 2.24) is 4.98 Å². The van der Waals surface area contributed by atoms with Crippen LogP contribution in [0.4, 0.5) is 22.0 Å². The Bertz CT molecular complexity index is 924. The number of nitrogens with one attached hydrogen (secondary N) is 1. The van der Waals surface area contributed by atoms with Gasteiger partial charge in [-0.25, -0.2) is 9.78 Å². The Morgan fingerprint density at radius 3 is 2.73 bits per heavy atom. The smallest absolute Gasteiger partial charge is 0.415 e. The molecule has 1 aromatic heterocycles. The van der Waals surface area contributed by atoms with E-state index in [1.54, 1.807) is 23.2 Å². The quantitative estimate of drug-likeness (QED) is 0.825. The van der Waals surface area contributed by atoms with Gasteiger partial charge in [-0.1, -0.05) is 6.92 Å². The van der Waals surface area contributed by atoms with Crippen LogP contribution in [0.3, 0.4) is 0 Å². The minimum atomic E-state index is -0.543. The summed E-state index contributed by atoms with van der Waals surface area (Å²) in [6.45, 7) is 6.24. The van der Waals surface area contributed by atoms with Gasteiger partial charge >= 0.3 is 6.09 Å². The van der Waals surface area contributed by atoms with Gasteiger partial charge in [0.25, 0.3) is 0 Å². The lowest BCUT2D eigenvalue weighted by Gasteiger charge is -2.17. The zero-order valence-corrected chi connectivity index (χ0v) is 15.1. The number of ether oxygens (including phenoxy) is 1. The van der Waals surface area contributed by atoms with Gasteiger partial charge < -0.3 is 15.8 Å². The first kappa shape index (κ1) is 16.6. The van der Waals surface area contributed by atoms with Crippen molar-refractivity contribution in [3.05, 3.63) is 24.4 Å². The second-order valence-corrected chi connectivity index (χ2v) is 7.85. The number of hydrogen-bond donors (Lipinski definition) is 2. The molecule has 2 amide bonds. The molecule has 0 bridgehead atoms. The second kappa shape index (κ2) is 5.59. The van der Waals surface area contributed by atoms with Crippen molar-refractivity contribution in [3.63, 3.8) is 0 Å². The van der Waals surface area contributed by atoms with Crippen LogP contribution in [0.1, 0.15) is 27.2 Å². The van der Waals surface area contributed by atoms with E-state index in [1.807, 2.05) is 19.9 Å². The number of benzene rings is 1. The lowest BCUT2D eigenvalue weighted by atomic mass is 10.1. The van der Waals surface area contributed by atoms with E-state index in [0.29, 0.717) is 29.7 Å². The van der Waals surface area contributed by atoms with E-state index in [-0.39, 0.29) is 17.9 Å². The number of pyridine rings is 1. The van der Waals surface area contributed by atoms with Crippen molar-refractivity contribution < 1.29 is 14.3 Å². The van der Waals surface area contributed by atoms with Gasteiger partial charge in [-0.05, 0) is 49.8 Å². The number of carbonyl (C=O) groups is 2. The Balaban J connectivity index is 1.66. The topological polar surface area (TPSA) is 97.6 Å². The molecule has 2 atom stereocenters. The molecular weight excluding hydrogens is 332 g/mol. The Labute approximate surface area is 151 Å². The molecule has 1 saturated carbocycles. The molecule has 1 aromatic carbocycles. The molecule has 1 saturated heterocycles. The number of rotatable bonds is 3. The number of nitrogens with two attached hydrogens (primary N) is 1. The largest absolute Gasteiger partial charge is 0.441 e. The minimum absolute atomic E-state index is 0.00153. The van der Waals surface area contributed by atoms with E-state index in [1.165, 1.54) is 0 Å². The number of cyclic esters (lactones) is 1. The summed E-state index contributed by atoms with van der Waals surface area (Å²) in [5, 5.41) is 4.45. The van der Waals surface area contributed by atoms with Crippen molar-refractivity contribution in [2.24, 2.45) is 11.8 Å². The molecule has 1 aliphatic carbocycles. The standard InChI is InChI=1S/C19H22N4O3/c1-10-4-13(10)17(24)22-16-6-11-5-12(7-15(20)14(11)8-21-16)23-9-19(2,3)26-18(23)25/h5-8,10,13H,4,9,20H2,1-3H3,(H,21,22,24)/t10-,13-/m1/s1. The van der Waals surface area contributed by atoms with Crippen LogP contribution >= 0.6 is 0 Å². The molecular formula is C19H22N4O3. The van der Waals surface area contributed by atoms with E-state index in [0.717, 1.165) is 17.2 Å². The second-order valence-electron chi connectivity index (χ2n) is 7.85. The highest BCUT2D eigenvalue weighted by Gasteiger charge is 2.39. The highest BCUT2D eigenvalue weighted by molar-refractivity contribution is 6.01. The van der Waals surface area contributed by atoms with Gasteiger partial charge in [0.2, 0.25) is 5.91 Å². The average molecular weight is 354 g/mol. The SMILES string of the molecule is C[C@@H]1C[C@H]1C(=O)Nc1cc2cc(N3CC(C)(C)OC3=O)cc(N)c2cn1. The van der Waals surface area contributed by atoms with Gasteiger partial charge in [0, 0.05) is 28.9 Å². The van der Waals surface area contributed by atoms with Gasteiger partial charge in [0.05, 0.1) is 6.54 Å². The summed E-state index contributed by atoms with van der Waals surface area (Å²) < 4.78 is 5.36. The first-order valence-corrected chi connectivity index (χ1v) is 8.74. The van der Waals surface area contributed by atoms with E-state index < -0.39 is 5.60 Å². The molecule has 1 aliphatic heterocycles. The zero-order chi connectivity index (χ0) is 18.6. The number of amides is 2. The molecule has 2 heterocycles. The third-order valence-corrected chi connectivity index (χ3v) is 4.99. The minimum Gasteiger partial charge on any atom is -0.441 e. The van der Waals surface area contributed by atoms with Gasteiger partial charge in [0.15, 0.2) is 0 Å². The molecule has 0 radical (unpaired) electrons. The maximum absolute atomic E-state index is 12.2. The first-order valence-electron chi connectivity index (χ1n) is 8.74. The molecule has 0 unspecified atom stereocenters. The normalized spacial score (nSPS) is 23.8. The Morgan fingerprint density at radius 1 is 1.38 bits per heavy atom. The fraction of sp³-hybridized carbons (Fsp3) is 0.421. The fourth-order valence-corrected chi connectivity index (χ4v) is 3.37. The van der Waals surface area contributed by atoms with Crippen LogP contribution in [-0.2, 0) is 9.53 Å². The third kappa shape index (κ3) is 2.94. The predicted molar refractivity (Wildman–Crippen MR) is 100.0 cm³/mol. The fourth-order valence-electron chi connectivity index (χ4n) is 3.37. The number of nitrogen functional groups attached to an aromatic ring is 1. The van der Waals surface area contributed by atoms with Crippen LogP contribution in [0, 0.1) is 11.8 Å². The number of hydrogen-bond acceptors (Lipinski definition) is 5. The van der Waals surface area contributed by atoms with Crippen molar-refractivity contribution in [1.29, 1.82) is 0 Å². The summed E-state index contributed by atoms with van der Waals surface area (Å²) >= 11 is 0. The number of nitrogens with zero attached hydrogens (tertiary/aromatic N) is 2. The predicted octanol–water partition coefficient (Wildman–Crippen LogP) is 3.15. The Hall–Kier alpha value is -2.83. The molecule has 7 heteroatoms. The molecule has 0 spiro atoms. The van der Waals surface area contributed by atoms with Crippen LogP contribution in [0.15, 0.2) is 24.4 Å². The molecule has 3 N–H and O–H groups in total. The average Bonchev–Trinajstić information content (AvgIpc) is 3.21. The maximum atomic E-state index is 12.2. The van der Waals surface area contributed by atoms with E-state index in [4.69, 9.17) is 10.5 Å². The Morgan fingerprint density at radius 2 is 2.12 bits per heavy atom. The highest BCUT2D eigenvalue weighted by atomic mass is 16.6. The zero-order valence-electron chi connectivity index (χ0n) is 15.1.